The second-order valence-corrected chi connectivity index (χ2v) is 6.79. The summed E-state index contributed by atoms with van der Waals surface area (Å²) in [7, 11) is 0. The van der Waals surface area contributed by atoms with E-state index < -0.39 is 0 Å². The third-order valence-corrected chi connectivity index (χ3v) is 4.87. The Labute approximate surface area is 160 Å². The molecule has 0 fully saturated rings. The molecule has 0 saturated heterocycles. The predicted molar refractivity (Wildman–Crippen MR) is 109 cm³/mol. The Morgan fingerprint density at radius 2 is 1.93 bits per heavy atom. The van der Waals surface area contributed by atoms with E-state index in [1.54, 1.807) is 0 Å². The Hall–Kier alpha value is -2.88. The number of ether oxygens (including phenoxy) is 1. The van der Waals surface area contributed by atoms with Crippen LogP contribution in [0, 0.1) is 13.8 Å². The van der Waals surface area contributed by atoms with Gasteiger partial charge in [0.05, 0.1) is 24.6 Å². The Bertz CT molecular complexity index is 966. The number of aryl methyl sites for hydroxylation is 2. The molecule has 0 saturated carbocycles. The molecule has 0 bridgehead atoms. The maximum atomic E-state index is 12.7. The fraction of sp³-hybridized carbons (Fsp3) is 0.304. The molecule has 0 aliphatic heterocycles. The molecule has 4 heteroatoms. The third kappa shape index (κ3) is 4.27. The number of amides is 1. The van der Waals surface area contributed by atoms with Crippen LogP contribution < -0.4 is 10.1 Å². The maximum absolute atomic E-state index is 12.7. The van der Waals surface area contributed by atoms with Crippen molar-refractivity contribution in [3.05, 3.63) is 70.9 Å². The summed E-state index contributed by atoms with van der Waals surface area (Å²) in [4.78, 5) is 17.3. The van der Waals surface area contributed by atoms with E-state index in [2.05, 4.69) is 23.3 Å². The highest BCUT2D eigenvalue weighted by Gasteiger charge is 2.15. The van der Waals surface area contributed by atoms with Crippen molar-refractivity contribution in [3.8, 4) is 5.75 Å². The minimum absolute atomic E-state index is 0.00686. The van der Waals surface area contributed by atoms with E-state index in [1.807, 2.05) is 63.2 Å². The number of nitrogens with zero attached hydrogens (tertiary/aromatic N) is 1. The van der Waals surface area contributed by atoms with Crippen LogP contribution in [0.5, 0.6) is 5.75 Å². The number of carbonyl (C=O) groups is 1. The zero-order valence-corrected chi connectivity index (χ0v) is 16.4. The van der Waals surface area contributed by atoms with Crippen LogP contribution in [0.15, 0.2) is 48.5 Å². The molecule has 27 heavy (non-hydrogen) atoms. The quantitative estimate of drug-likeness (QED) is 0.693. The van der Waals surface area contributed by atoms with Gasteiger partial charge in [0.15, 0.2) is 0 Å². The summed E-state index contributed by atoms with van der Waals surface area (Å²) in [5, 5.41) is 4.19. The van der Waals surface area contributed by atoms with Crippen LogP contribution in [0.4, 0.5) is 0 Å². The highest BCUT2D eigenvalue weighted by Crippen LogP contribution is 2.24. The van der Waals surface area contributed by atoms with Gasteiger partial charge in [-0.15, -0.1) is 0 Å². The number of rotatable bonds is 6. The first-order valence-corrected chi connectivity index (χ1v) is 9.36. The molecule has 1 N–H and O–H groups in total. The SMILES string of the molecule is CCOc1cccc(C(C)NC(=O)Cc2c(C)nc3ccccc3c2C)c1. The fourth-order valence-electron chi connectivity index (χ4n) is 3.41. The highest BCUT2D eigenvalue weighted by atomic mass is 16.5. The molecule has 0 spiro atoms. The highest BCUT2D eigenvalue weighted by molar-refractivity contribution is 5.86. The molecule has 0 aliphatic rings. The molecule has 1 unspecified atom stereocenters. The van der Waals surface area contributed by atoms with Gasteiger partial charge in [-0.05, 0) is 62.6 Å². The second kappa shape index (κ2) is 8.21. The van der Waals surface area contributed by atoms with Crippen LogP contribution in [0.2, 0.25) is 0 Å². The Balaban J connectivity index is 1.76. The van der Waals surface area contributed by atoms with Gasteiger partial charge >= 0.3 is 0 Å². The molecule has 2 aromatic carbocycles. The van der Waals surface area contributed by atoms with Crippen molar-refractivity contribution in [2.45, 2.75) is 40.2 Å². The van der Waals surface area contributed by atoms with E-state index in [0.717, 1.165) is 39.0 Å². The molecule has 4 nitrogen and oxygen atoms in total. The lowest BCUT2D eigenvalue weighted by Gasteiger charge is -2.17. The smallest absolute Gasteiger partial charge is 0.224 e. The number of nitrogens with one attached hydrogen (secondary N) is 1. The Morgan fingerprint density at radius 1 is 1.15 bits per heavy atom. The number of aromatic nitrogens is 1. The van der Waals surface area contributed by atoms with Crippen molar-refractivity contribution in [2.75, 3.05) is 6.61 Å². The minimum atomic E-state index is -0.0908. The van der Waals surface area contributed by atoms with Crippen molar-refractivity contribution < 1.29 is 9.53 Å². The van der Waals surface area contributed by atoms with Crippen LogP contribution in [0.3, 0.4) is 0 Å². The number of benzene rings is 2. The first kappa shape index (κ1) is 18.9. The first-order valence-electron chi connectivity index (χ1n) is 9.36. The lowest BCUT2D eigenvalue weighted by atomic mass is 9.99. The van der Waals surface area contributed by atoms with Crippen molar-refractivity contribution in [1.29, 1.82) is 0 Å². The topological polar surface area (TPSA) is 51.2 Å². The molecule has 1 atom stereocenters. The van der Waals surface area contributed by atoms with Crippen molar-refractivity contribution in [2.24, 2.45) is 0 Å². The molecule has 1 amide bonds. The molecule has 0 aliphatic carbocycles. The van der Waals surface area contributed by atoms with Gasteiger partial charge < -0.3 is 10.1 Å². The zero-order chi connectivity index (χ0) is 19.4. The summed E-state index contributed by atoms with van der Waals surface area (Å²) in [6.45, 7) is 8.60. The van der Waals surface area contributed by atoms with Gasteiger partial charge in [0.1, 0.15) is 5.75 Å². The van der Waals surface area contributed by atoms with Crippen molar-refractivity contribution in [3.63, 3.8) is 0 Å². The minimum Gasteiger partial charge on any atom is -0.494 e. The lowest BCUT2D eigenvalue weighted by molar-refractivity contribution is -0.121. The van der Waals surface area contributed by atoms with Gasteiger partial charge in [-0.25, -0.2) is 0 Å². The molecule has 0 radical (unpaired) electrons. The number of hydrogen-bond donors (Lipinski definition) is 1. The van der Waals surface area contributed by atoms with Gasteiger partial charge in [0, 0.05) is 11.1 Å². The van der Waals surface area contributed by atoms with Gasteiger partial charge in [-0.2, -0.15) is 0 Å². The Kier molecular flexibility index (Phi) is 5.75. The van der Waals surface area contributed by atoms with E-state index in [9.17, 15) is 4.79 Å². The molecular formula is C23H26N2O2. The van der Waals surface area contributed by atoms with E-state index >= 15 is 0 Å². The predicted octanol–water partition coefficient (Wildman–Crippen LogP) is 4.67. The second-order valence-electron chi connectivity index (χ2n) is 6.79. The van der Waals surface area contributed by atoms with Crippen LogP contribution in [0.25, 0.3) is 10.9 Å². The zero-order valence-electron chi connectivity index (χ0n) is 16.4. The monoisotopic (exact) mass is 362 g/mol. The van der Waals surface area contributed by atoms with Crippen molar-refractivity contribution >= 4 is 16.8 Å². The molecule has 3 rings (SSSR count). The molecule has 3 aromatic rings. The van der Waals surface area contributed by atoms with E-state index in [4.69, 9.17) is 4.74 Å². The molecule has 140 valence electrons. The van der Waals surface area contributed by atoms with Gasteiger partial charge in [0.25, 0.3) is 0 Å². The lowest BCUT2D eigenvalue weighted by Crippen LogP contribution is -2.28. The maximum Gasteiger partial charge on any atom is 0.224 e. The summed E-state index contributed by atoms with van der Waals surface area (Å²) < 4.78 is 5.55. The number of pyridine rings is 1. The van der Waals surface area contributed by atoms with Crippen LogP contribution >= 0.6 is 0 Å². The summed E-state index contributed by atoms with van der Waals surface area (Å²) in [5.41, 5.74) is 5.03. The van der Waals surface area contributed by atoms with Crippen LogP contribution in [-0.2, 0) is 11.2 Å². The van der Waals surface area contributed by atoms with E-state index in [1.165, 1.54) is 0 Å². The van der Waals surface area contributed by atoms with Gasteiger partial charge in [-0.1, -0.05) is 30.3 Å². The summed E-state index contributed by atoms with van der Waals surface area (Å²) in [6, 6.07) is 15.8. The number of fused-ring (bicyclic) bond motifs is 1. The third-order valence-electron chi connectivity index (χ3n) is 4.87. The molecule has 1 heterocycles. The van der Waals surface area contributed by atoms with Crippen LogP contribution in [0.1, 0.15) is 42.3 Å². The van der Waals surface area contributed by atoms with Gasteiger partial charge in [0.2, 0.25) is 5.91 Å². The average molecular weight is 362 g/mol. The number of para-hydroxylation sites is 1. The van der Waals surface area contributed by atoms with Crippen molar-refractivity contribution in [1.82, 2.24) is 10.3 Å². The average Bonchev–Trinajstić information content (AvgIpc) is 2.65. The number of carbonyl (C=O) groups excluding carboxylic acids is 1. The van der Waals surface area contributed by atoms with E-state index in [0.29, 0.717) is 13.0 Å². The standard InChI is InChI=1S/C23H26N2O2/c1-5-27-19-10-8-9-18(13-19)16(3)25-23(26)14-21-15(2)20-11-6-7-12-22(20)24-17(21)4/h6-13,16H,5,14H2,1-4H3,(H,25,26). The largest absolute Gasteiger partial charge is 0.494 e. The summed E-state index contributed by atoms with van der Waals surface area (Å²) >= 11 is 0. The summed E-state index contributed by atoms with van der Waals surface area (Å²) in [6.07, 6.45) is 0.324. The van der Waals surface area contributed by atoms with E-state index in [-0.39, 0.29) is 11.9 Å². The Morgan fingerprint density at radius 3 is 2.70 bits per heavy atom. The molecular weight excluding hydrogens is 336 g/mol. The summed E-state index contributed by atoms with van der Waals surface area (Å²) in [5.74, 6) is 0.814. The fourth-order valence-corrected chi connectivity index (χ4v) is 3.41. The van der Waals surface area contributed by atoms with Crippen LogP contribution in [-0.4, -0.2) is 17.5 Å². The number of hydrogen-bond acceptors (Lipinski definition) is 3. The first-order chi connectivity index (χ1) is 13.0. The normalized spacial score (nSPS) is 12.0. The molecule has 1 aromatic heterocycles. The van der Waals surface area contributed by atoms with Gasteiger partial charge in [-0.3, -0.25) is 9.78 Å².